The van der Waals surface area contributed by atoms with Gasteiger partial charge in [0, 0.05) is 12.7 Å². The summed E-state index contributed by atoms with van der Waals surface area (Å²) in [6.45, 7) is 6.82. The summed E-state index contributed by atoms with van der Waals surface area (Å²) in [6.07, 6.45) is 1.11. The van der Waals surface area contributed by atoms with Gasteiger partial charge in [0.1, 0.15) is 6.61 Å². The second-order valence-corrected chi connectivity index (χ2v) is 3.12. The van der Waals surface area contributed by atoms with E-state index in [1.165, 1.54) is 0 Å². The van der Waals surface area contributed by atoms with E-state index in [1.807, 2.05) is 6.92 Å². The molecule has 0 heterocycles. The molecule has 1 aromatic rings. The van der Waals surface area contributed by atoms with E-state index in [-0.39, 0.29) is 0 Å². The monoisotopic (exact) mass is 236 g/mol. The lowest BCUT2D eigenvalue weighted by Crippen LogP contribution is -2.09. The van der Waals surface area contributed by atoms with Gasteiger partial charge in [0.25, 0.3) is 0 Å². The second kappa shape index (κ2) is 7.46. The van der Waals surface area contributed by atoms with Gasteiger partial charge in [0.15, 0.2) is 11.5 Å². The number of esters is 1. The summed E-state index contributed by atoms with van der Waals surface area (Å²) in [7, 11) is 0. The van der Waals surface area contributed by atoms with Gasteiger partial charge in [-0.15, -0.1) is 0 Å². The summed E-state index contributed by atoms with van der Waals surface area (Å²) in [5.41, 5.74) is 0. The maximum Gasteiger partial charge on any atom is 0.335 e. The molecule has 0 bridgehead atoms. The van der Waals surface area contributed by atoms with Crippen LogP contribution in [0.5, 0.6) is 11.5 Å². The Morgan fingerprint density at radius 2 is 2.00 bits per heavy atom. The molecule has 4 nitrogen and oxygen atoms in total. The molecule has 0 spiro atoms. The average molecular weight is 236 g/mol. The smallest absolute Gasteiger partial charge is 0.335 e. The second-order valence-electron chi connectivity index (χ2n) is 3.12. The molecule has 0 saturated heterocycles. The minimum Gasteiger partial charge on any atom is -0.487 e. The van der Waals surface area contributed by atoms with Gasteiger partial charge >= 0.3 is 5.97 Å². The van der Waals surface area contributed by atoms with Crippen molar-refractivity contribution in [1.82, 2.24) is 0 Å². The Morgan fingerprint density at radius 3 is 2.65 bits per heavy atom. The fourth-order valence-corrected chi connectivity index (χ4v) is 1.16. The first kappa shape index (κ1) is 13.3. The van der Waals surface area contributed by atoms with Gasteiger partial charge in [-0.1, -0.05) is 18.7 Å². The molecule has 0 N–H and O–H groups in total. The van der Waals surface area contributed by atoms with Crippen LogP contribution in [0.3, 0.4) is 0 Å². The Hall–Kier alpha value is -1.81. The van der Waals surface area contributed by atoms with Crippen LogP contribution in [0.15, 0.2) is 36.9 Å². The van der Waals surface area contributed by atoms with Gasteiger partial charge < -0.3 is 14.2 Å². The molecule has 92 valence electrons. The first-order valence-electron chi connectivity index (χ1n) is 5.41. The number of ether oxygens (including phenoxy) is 3. The first-order valence-corrected chi connectivity index (χ1v) is 5.41. The molecule has 0 aliphatic heterocycles. The molecule has 0 radical (unpaired) electrons. The van der Waals surface area contributed by atoms with Gasteiger partial charge in [-0.05, 0) is 19.1 Å². The molecule has 0 saturated carbocycles. The largest absolute Gasteiger partial charge is 0.487 e. The van der Waals surface area contributed by atoms with Crippen LogP contribution in [-0.4, -0.2) is 25.8 Å². The van der Waals surface area contributed by atoms with Gasteiger partial charge in [-0.25, -0.2) is 4.79 Å². The van der Waals surface area contributed by atoms with Crippen molar-refractivity contribution >= 4 is 5.97 Å². The Labute approximate surface area is 101 Å². The number of carbonyl (C=O) groups is 1. The molecule has 0 atom stereocenters. The fourth-order valence-electron chi connectivity index (χ4n) is 1.16. The molecule has 0 amide bonds. The zero-order valence-corrected chi connectivity index (χ0v) is 9.85. The standard InChI is InChI=1S/C13H16O4/c1-3-13(14)17-12-8-6-5-7-11(12)16-10-9-15-4-2/h3,5-8H,1,4,9-10H2,2H3. The van der Waals surface area contributed by atoms with E-state index in [1.54, 1.807) is 24.3 Å². The zero-order chi connectivity index (χ0) is 12.5. The van der Waals surface area contributed by atoms with Crippen LogP contribution in [0.2, 0.25) is 0 Å². The Bertz CT molecular complexity index is 373. The zero-order valence-electron chi connectivity index (χ0n) is 9.85. The molecule has 17 heavy (non-hydrogen) atoms. The van der Waals surface area contributed by atoms with Crippen LogP contribution >= 0.6 is 0 Å². The highest BCUT2D eigenvalue weighted by Gasteiger charge is 2.06. The molecule has 0 aliphatic rings. The van der Waals surface area contributed by atoms with E-state index < -0.39 is 5.97 Å². The molecule has 0 aliphatic carbocycles. The first-order chi connectivity index (χ1) is 8.27. The number of benzene rings is 1. The topological polar surface area (TPSA) is 44.8 Å². The van der Waals surface area contributed by atoms with E-state index in [2.05, 4.69) is 6.58 Å². The van der Waals surface area contributed by atoms with Crippen molar-refractivity contribution < 1.29 is 19.0 Å². The van der Waals surface area contributed by atoms with Crippen molar-refractivity contribution in [2.75, 3.05) is 19.8 Å². The highest BCUT2D eigenvalue weighted by molar-refractivity contribution is 5.83. The Balaban J connectivity index is 2.57. The average Bonchev–Trinajstić information content (AvgIpc) is 2.36. The van der Waals surface area contributed by atoms with Crippen molar-refractivity contribution in [3.05, 3.63) is 36.9 Å². The van der Waals surface area contributed by atoms with Crippen molar-refractivity contribution in [3.63, 3.8) is 0 Å². The number of carbonyl (C=O) groups excluding carboxylic acids is 1. The van der Waals surface area contributed by atoms with E-state index in [0.29, 0.717) is 31.3 Å². The van der Waals surface area contributed by atoms with E-state index in [4.69, 9.17) is 14.2 Å². The summed E-state index contributed by atoms with van der Waals surface area (Å²) >= 11 is 0. The third kappa shape index (κ3) is 4.70. The summed E-state index contributed by atoms with van der Waals surface area (Å²) in [4.78, 5) is 11.1. The normalized spacial score (nSPS) is 9.71. The van der Waals surface area contributed by atoms with Crippen LogP contribution in [0.4, 0.5) is 0 Å². The highest BCUT2D eigenvalue weighted by atomic mass is 16.6. The van der Waals surface area contributed by atoms with Crippen LogP contribution in [0.1, 0.15) is 6.92 Å². The molecular formula is C13H16O4. The van der Waals surface area contributed by atoms with E-state index in [9.17, 15) is 4.79 Å². The van der Waals surface area contributed by atoms with Crippen LogP contribution in [0.25, 0.3) is 0 Å². The highest BCUT2D eigenvalue weighted by Crippen LogP contribution is 2.26. The lowest BCUT2D eigenvalue weighted by molar-refractivity contribution is -0.129. The van der Waals surface area contributed by atoms with E-state index in [0.717, 1.165) is 6.08 Å². The SMILES string of the molecule is C=CC(=O)Oc1ccccc1OCCOCC. The Kier molecular flexibility index (Phi) is 5.82. The predicted octanol–water partition coefficient (Wildman–Crippen LogP) is 2.19. The predicted molar refractivity (Wildman–Crippen MR) is 64.3 cm³/mol. The number of hydrogen-bond donors (Lipinski definition) is 0. The summed E-state index contributed by atoms with van der Waals surface area (Å²) in [5.74, 6) is 0.391. The fraction of sp³-hybridized carbons (Fsp3) is 0.308. The number of hydrogen-bond acceptors (Lipinski definition) is 4. The van der Waals surface area contributed by atoms with E-state index >= 15 is 0 Å². The molecule has 4 heteroatoms. The van der Waals surface area contributed by atoms with Gasteiger partial charge in [0.2, 0.25) is 0 Å². The van der Waals surface area contributed by atoms with Crippen molar-refractivity contribution in [2.45, 2.75) is 6.92 Å². The van der Waals surface area contributed by atoms with Gasteiger partial charge in [-0.2, -0.15) is 0 Å². The third-order valence-electron chi connectivity index (χ3n) is 1.92. The minimum absolute atomic E-state index is 0.383. The molecule has 1 aromatic carbocycles. The van der Waals surface area contributed by atoms with Gasteiger partial charge in [-0.3, -0.25) is 0 Å². The quantitative estimate of drug-likeness (QED) is 0.315. The van der Waals surface area contributed by atoms with Crippen LogP contribution in [0, 0.1) is 0 Å². The number of rotatable bonds is 7. The lowest BCUT2D eigenvalue weighted by atomic mass is 10.3. The summed E-state index contributed by atoms with van der Waals surface area (Å²) < 4.78 is 15.6. The Morgan fingerprint density at radius 1 is 1.29 bits per heavy atom. The lowest BCUT2D eigenvalue weighted by Gasteiger charge is -2.10. The van der Waals surface area contributed by atoms with Crippen LogP contribution < -0.4 is 9.47 Å². The molecule has 0 fully saturated rings. The van der Waals surface area contributed by atoms with Crippen molar-refractivity contribution in [3.8, 4) is 11.5 Å². The maximum absolute atomic E-state index is 11.1. The molecule has 0 aromatic heterocycles. The molecular weight excluding hydrogens is 220 g/mol. The maximum atomic E-state index is 11.1. The minimum atomic E-state index is -0.508. The summed E-state index contributed by atoms with van der Waals surface area (Å²) in [6, 6.07) is 6.97. The number of para-hydroxylation sites is 2. The van der Waals surface area contributed by atoms with Crippen molar-refractivity contribution in [2.24, 2.45) is 0 Å². The van der Waals surface area contributed by atoms with Gasteiger partial charge in [0.05, 0.1) is 6.61 Å². The molecule has 1 rings (SSSR count). The van der Waals surface area contributed by atoms with Crippen LogP contribution in [-0.2, 0) is 9.53 Å². The third-order valence-corrected chi connectivity index (χ3v) is 1.92. The molecule has 0 unspecified atom stereocenters. The summed E-state index contributed by atoms with van der Waals surface area (Å²) in [5, 5.41) is 0. The van der Waals surface area contributed by atoms with Crippen molar-refractivity contribution in [1.29, 1.82) is 0 Å².